The highest BCUT2D eigenvalue weighted by atomic mass is 79.9. The fourth-order valence-corrected chi connectivity index (χ4v) is 1.75. The van der Waals surface area contributed by atoms with Crippen molar-refractivity contribution in [1.29, 1.82) is 0 Å². The summed E-state index contributed by atoms with van der Waals surface area (Å²) in [6.07, 6.45) is 3.64. The Morgan fingerprint density at radius 2 is 2.38 bits per heavy atom. The summed E-state index contributed by atoms with van der Waals surface area (Å²) < 4.78 is 5.83. The van der Waals surface area contributed by atoms with Gasteiger partial charge in [-0.15, -0.1) is 11.6 Å². The number of aromatic nitrogens is 2. The van der Waals surface area contributed by atoms with E-state index in [1.54, 1.807) is 13.3 Å². The molecule has 90 valence electrons. The van der Waals surface area contributed by atoms with Crippen LogP contribution in [0.2, 0.25) is 0 Å². The molecular weight excluding hydrogens is 293 g/mol. The van der Waals surface area contributed by atoms with Gasteiger partial charge in [0.15, 0.2) is 0 Å². The standard InChI is InChI=1S/C10H15BrClN3O/c1-7(4-3-5-12)14-10-13-6-8(11)9(15-10)16-2/h6-7H,3-5H2,1-2H3,(H,13,14,15). The van der Waals surface area contributed by atoms with Crippen LogP contribution >= 0.6 is 27.5 Å². The fourth-order valence-electron chi connectivity index (χ4n) is 1.24. The molecule has 6 heteroatoms. The first-order valence-electron chi connectivity index (χ1n) is 5.06. The largest absolute Gasteiger partial charge is 0.480 e. The number of methoxy groups -OCH3 is 1. The third-order valence-corrected chi connectivity index (χ3v) is 2.86. The molecule has 1 heterocycles. The number of halogens is 2. The van der Waals surface area contributed by atoms with Crippen LogP contribution in [0.3, 0.4) is 0 Å². The molecule has 4 nitrogen and oxygen atoms in total. The molecule has 0 saturated carbocycles. The molecule has 0 aliphatic carbocycles. The van der Waals surface area contributed by atoms with E-state index in [9.17, 15) is 0 Å². The van der Waals surface area contributed by atoms with Crippen molar-refractivity contribution in [2.24, 2.45) is 0 Å². The molecule has 0 saturated heterocycles. The smallest absolute Gasteiger partial charge is 0.232 e. The topological polar surface area (TPSA) is 47.0 Å². The van der Waals surface area contributed by atoms with Gasteiger partial charge >= 0.3 is 0 Å². The molecule has 0 spiro atoms. The molecule has 0 aromatic carbocycles. The molecule has 0 amide bonds. The van der Waals surface area contributed by atoms with E-state index in [0.717, 1.165) is 17.3 Å². The lowest BCUT2D eigenvalue weighted by Gasteiger charge is -2.13. The zero-order valence-corrected chi connectivity index (χ0v) is 11.7. The number of ether oxygens (including phenoxy) is 1. The lowest BCUT2D eigenvalue weighted by atomic mass is 10.2. The third-order valence-electron chi connectivity index (χ3n) is 2.05. The Balaban J connectivity index is 2.59. The molecule has 0 bridgehead atoms. The Bertz CT molecular complexity index is 338. The second-order valence-electron chi connectivity index (χ2n) is 3.43. The molecule has 1 atom stereocenters. The first kappa shape index (κ1) is 13.5. The van der Waals surface area contributed by atoms with Crippen molar-refractivity contribution in [3.63, 3.8) is 0 Å². The number of hydrogen-bond donors (Lipinski definition) is 1. The van der Waals surface area contributed by atoms with E-state index in [2.05, 4.69) is 38.1 Å². The van der Waals surface area contributed by atoms with Crippen LogP contribution in [0.1, 0.15) is 19.8 Å². The molecule has 1 aromatic heterocycles. The average Bonchev–Trinajstić information content (AvgIpc) is 2.29. The summed E-state index contributed by atoms with van der Waals surface area (Å²) in [5.41, 5.74) is 0. The van der Waals surface area contributed by atoms with Gasteiger partial charge in [-0.05, 0) is 35.7 Å². The third kappa shape index (κ3) is 4.14. The van der Waals surface area contributed by atoms with Crippen molar-refractivity contribution in [3.8, 4) is 5.88 Å². The number of rotatable bonds is 6. The summed E-state index contributed by atoms with van der Waals surface area (Å²) in [5.74, 6) is 1.78. The molecule has 0 aliphatic rings. The van der Waals surface area contributed by atoms with Gasteiger partial charge in [0.05, 0.1) is 17.8 Å². The molecule has 0 fully saturated rings. The van der Waals surface area contributed by atoms with Crippen LogP contribution in [-0.4, -0.2) is 29.0 Å². The predicted molar refractivity (Wildman–Crippen MR) is 69.3 cm³/mol. The van der Waals surface area contributed by atoms with E-state index in [-0.39, 0.29) is 0 Å². The molecular formula is C10H15BrClN3O. The maximum absolute atomic E-state index is 5.63. The monoisotopic (exact) mass is 307 g/mol. The summed E-state index contributed by atoms with van der Waals surface area (Å²) in [6, 6.07) is 0.296. The molecule has 1 unspecified atom stereocenters. The van der Waals surface area contributed by atoms with Crippen LogP contribution < -0.4 is 10.1 Å². The summed E-state index contributed by atoms with van der Waals surface area (Å²) in [5, 5.41) is 3.20. The zero-order valence-electron chi connectivity index (χ0n) is 9.33. The molecule has 0 aliphatic heterocycles. The van der Waals surface area contributed by atoms with Crippen molar-refractivity contribution in [1.82, 2.24) is 9.97 Å². The second kappa shape index (κ2) is 6.91. The summed E-state index contributed by atoms with van der Waals surface area (Å²) >= 11 is 8.94. The van der Waals surface area contributed by atoms with Gasteiger partial charge in [-0.2, -0.15) is 4.98 Å². The van der Waals surface area contributed by atoms with Gasteiger partial charge in [-0.25, -0.2) is 4.98 Å². The Morgan fingerprint density at radius 3 is 3.00 bits per heavy atom. The Morgan fingerprint density at radius 1 is 1.62 bits per heavy atom. The van der Waals surface area contributed by atoms with Gasteiger partial charge in [0.25, 0.3) is 0 Å². The van der Waals surface area contributed by atoms with E-state index in [4.69, 9.17) is 16.3 Å². The van der Waals surface area contributed by atoms with Gasteiger partial charge in [0, 0.05) is 11.9 Å². The van der Waals surface area contributed by atoms with Gasteiger partial charge < -0.3 is 10.1 Å². The second-order valence-corrected chi connectivity index (χ2v) is 4.66. The number of hydrogen-bond acceptors (Lipinski definition) is 4. The minimum atomic E-state index is 0.296. The fraction of sp³-hybridized carbons (Fsp3) is 0.600. The van der Waals surface area contributed by atoms with Gasteiger partial charge in [0.1, 0.15) is 0 Å². The minimum absolute atomic E-state index is 0.296. The lowest BCUT2D eigenvalue weighted by Crippen LogP contribution is -2.17. The van der Waals surface area contributed by atoms with E-state index in [1.807, 2.05) is 0 Å². The van der Waals surface area contributed by atoms with Gasteiger partial charge in [-0.3, -0.25) is 0 Å². The molecule has 1 N–H and O–H groups in total. The highest BCUT2D eigenvalue weighted by Crippen LogP contribution is 2.22. The minimum Gasteiger partial charge on any atom is -0.480 e. The molecule has 1 rings (SSSR count). The van der Waals surface area contributed by atoms with Crippen molar-refractivity contribution >= 4 is 33.5 Å². The molecule has 1 aromatic rings. The highest BCUT2D eigenvalue weighted by molar-refractivity contribution is 9.10. The summed E-state index contributed by atoms with van der Waals surface area (Å²) in [4.78, 5) is 8.37. The summed E-state index contributed by atoms with van der Waals surface area (Å²) in [6.45, 7) is 2.07. The quantitative estimate of drug-likeness (QED) is 0.821. The average molecular weight is 309 g/mol. The van der Waals surface area contributed by atoms with Crippen molar-refractivity contribution in [2.45, 2.75) is 25.8 Å². The van der Waals surface area contributed by atoms with Crippen molar-refractivity contribution < 1.29 is 4.74 Å². The van der Waals surface area contributed by atoms with E-state index < -0.39 is 0 Å². The van der Waals surface area contributed by atoms with Gasteiger partial charge in [0.2, 0.25) is 11.8 Å². The maximum atomic E-state index is 5.63. The van der Waals surface area contributed by atoms with Gasteiger partial charge in [-0.1, -0.05) is 0 Å². The molecule has 16 heavy (non-hydrogen) atoms. The summed E-state index contributed by atoms with van der Waals surface area (Å²) in [7, 11) is 1.58. The first-order chi connectivity index (χ1) is 7.67. The van der Waals surface area contributed by atoms with Crippen LogP contribution in [0.25, 0.3) is 0 Å². The number of alkyl halides is 1. The van der Waals surface area contributed by atoms with Crippen LogP contribution in [0.4, 0.5) is 5.95 Å². The lowest BCUT2D eigenvalue weighted by molar-refractivity contribution is 0.394. The van der Waals surface area contributed by atoms with Crippen LogP contribution in [-0.2, 0) is 0 Å². The number of nitrogens with zero attached hydrogens (tertiary/aromatic N) is 2. The van der Waals surface area contributed by atoms with E-state index >= 15 is 0 Å². The van der Waals surface area contributed by atoms with Crippen LogP contribution in [0.5, 0.6) is 5.88 Å². The number of anilines is 1. The van der Waals surface area contributed by atoms with Crippen molar-refractivity contribution in [3.05, 3.63) is 10.7 Å². The van der Waals surface area contributed by atoms with Crippen LogP contribution in [0.15, 0.2) is 10.7 Å². The Labute approximate surface area is 109 Å². The maximum Gasteiger partial charge on any atom is 0.232 e. The SMILES string of the molecule is COc1nc(NC(C)CCCCl)ncc1Br. The van der Waals surface area contributed by atoms with Crippen LogP contribution in [0, 0.1) is 0 Å². The Kier molecular flexibility index (Phi) is 5.84. The van der Waals surface area contributed by atoms with Crippen molar-refractivity contribution in [2.75, 3.05) is 18.3 Å². The normalized spacial score (nSPS) is 12.2. The zero-order chi connectivity index (χ0) is 12.0. The Hall–Kier alpha value is -0.550. The predicted octanol–water partition coefficient (Wildman–Crippen LogP) is 3.07. The number of nitrogens with one attached hydrogen (secondary N) is 1. The van der Waals surface area contributed by atoms with E-state index in [1.165, 1.54) is 0 Å². The van der Waals surface area contributed by atoms with E-state index in [0.29, 0.717) is 23.8 Å². The highest BCUT2D eigenvalue weighted by Gasteiger charge is 2.07. The molecule has 0 radical (unpaired) electrons. The first-order valence-corrected chi connectivity index (χ1v) is 6.39.